The van der Waals surface area contributed by atoms with E-state index in [9.17, 15) is 4.79 Å². The van der Waals surface area contributed by atoms with Crippen molar-refractivity contribution in [2.45, 2.75) is 20.3 Å². The number of carbonyl (C=O) groups excluding carboxylic acids is 1. The zero-order valence-corrected chi connectivity index (χ0v) is 14.7. The van der Waals surface area contributed by atoms with Crippen molar-refractivity contribution in [3.8, 4) is 5.75 Å². The Kier molecular flexibility index (Phi) is 4.76. The molecule has 6 heteroatoms. The molecule has 1 amide bonds. The van der Waals surface area contributed by atoms with E-state index in [0.29, 0.717) is 17.8 Å². The topological polar surface area (TPSA) is 64.1 Å². The Morgan fingerprint density at radius 2 is 2.12 bits per heavy atom. The van der Waals surface area contributed by atoms with Crippen LogP contribution in [0.2, 0.25) is 0 Å². The average molecular weight is 341 g/mol. The van der Waals surface area contributed by atoms with E-state index in [0.717, 1.165) is 28.1 Å². The van der Waals surface area contributed by atoms with Crippen LogP contribution in [0.3, 0.4) is 0 Å². The zero-order chi connectivity index (χ0) is 17.1. The van der Waals surface area contributed by atoms with E-state index in [1.54, 1.807) is 18.4 Å². The first-order valence-corrected chi connectivity index (χ1v) is 8.53. The van der Waals surface area contributed by atoms with Crippen LogP contribution < -0.4 is 10.1 Å². The van der Waals surface area contributed by atoms with Crippen molar-refractivity contribution >= 4 is 28.1 Å². The number of aromatic nitrogens is 2. The molecule has 0 aliphatic heterocycles. The van der Waals surface area contributed by atoms with Gasteiger partial charge in [0.05, 0.1) is 28.9 Å². The number of ether oxygens (including phenoxy) is 1. The van der Waals surface area contributed by atoms with Gasteiger partial charge in [0.15, 0.2) is 0 Å². The minimum atomic E-state index is -0.106. The van der Waals surface area contributed by atoms with Gasteiger partial charge in [0.25, 0.3) is 5.91 Å². The predicted molar refractivity (Wildman–Crippen MR) is 95.9 cm³/mol. The number of carbonyl (C=O) groups is 1. The molecular weight excluding hydrogens is 322 g/mol. The van der Waals surface area contributed by atoms with Crippen LogP contribution >= 0.6 is 11.3 Å². The molecule has 2 aromatic heterocycles. The third-order valence-electron chi connectivity index (χ3n) is 3.75. The highest BCUT2D eigenvalue weighted by Gasteiger charge is 2.12. The largest absolute Gasteiger partial charge is 0.497 e. The van der Waals surface area contributed by atoms with E-state index >= 15 is 0 Å². The van der Waals surface area contributed by atoms with E-state index < -0.39 is 0 Å². The first-order chi connectivity index (χ1) is 11.6. The number of hydrogen-bond donors (Lipinski definition) is 1. The lowest BCUT2D eigenvalue weighted by atomic mass is 10.1. The molecular formula is C18H19N3O2S. The molecule has 0 aliphatic carbocycles. The van der Waals surface area contributed by atoms with E-state index in [1.807, 2.05) is 44.3 Å². The third-order valence-corrected chi connectivity index (χ3v) is 4.73. The quantitative estimate of drug-likeness (QED) is 0.773. The molecule has 0 saturated heterocycles. The van der Waals surface area contributed by atoms with E-state index in [4.69, 9.17) is 4.74 Å². The molecule has 5 nitrogen and oxygen atoms in total. The number of hydrogen-bond acceptors (Lipinski definition) is 5. The standard InChI is InChI=1S/C18H19N3O2S/c1-11-10-20-17(24-11)6-7-19-18(22)15-8-13-4-5-14(23-3)9-16(13)21-12(15)2/h4-5,8-10H,6-7H2,1-3H3,(H,19,22). The van der Waals surface area contributed by atoms with Crippen molar-refractivity contribution in [1.29, 1.82) is 0 Å². The first kappa shape index (κ1) is 16.4. The van der Waals surface area contributed by atoms with Gasteiger partial charge >= 0.3 is 0 Å². The normalized spacial score (nSPS) is 10.8. The summed E-state index contributed by atoms with van der Waals surface area (Å²) in [5.41, 5.74) is 2.13. The molecule has 0 spiro atoms. The van der Waals surface area contributed by atoms with E-state index in [2.05, 4.69) is 15.3 Å². The van der Waals surface area contributed by atoms with Gasteiger partial charge in [0, 0.05) is 35.5 Å². The summed E-state index contributed by atoms with van der Waals surface area (Å²) >= 11 is 1.66. The van der Waals surface area contributed by atoms with Crippen molar-refractivity contribution in [3.05, 3.63) is 51.6 Å². The fraction of sp³-hybridized carbons (Fsp3) is 0.278. The second kappa shape index (κ2) is 6.97. The molecule has 0 saturated carbocycles. The monoisotopic (exact) mass is 341 g/mol. The summed E-state index contributed by atoms with van der Waals surface area (Å²) in [6.07, 6.45) is 2.59. The summed E-state index contributed by atoms with van der Waals surface area (Å²) in [4.78, 5) is 22.4. The van der Waals surface area contributed by atoms with Crippen molar-refractivity contribution in [3.63, 3.8) is 0 Å². The van der Waals surface area contributed by atoms with Crippen LogP contribution in [0.15, 0.2) is 30.5 Å². The highest BCUT2D eigenvalue weighted by molar-refractivity contribution is 7.11. The Labute approximate surface area is 144 Å². The molecule has 0 fully saturated rings. The molecule has 0 aliphatic rings. The number of nitrogens with zero attached hydrogens (tertiary/aromatic N) is 2. The molecule has 24 heavy (non-hydrogen) atoms. The molecule has 0 unspecified atom stereocenters. The SMILES string of the molecule is COc1ccc2cc(C(=O)NCCc3ncc(C)s3)c(C)nc2c1. The number of nitrogens with one attached hydrogen (secondary N) is 1. The maximum atomic E-state index is 12.4. The highest BCUT2D eigenvalue weighted by Crippen LogP contribution is 2.21. The number of aryl methyl sites for hydroxylation is 2. The maximum absolute atomic E-state index is 12.4. The van der Waals surface area contributed by atoms with Crippen LogP contribution in [0.1, 0.15) is 25.9 Å². The Bertz CT molecular complexity index is 889. The Morgan fingerprint density at radius 3 is 2.83 bits per heavy atom. The number of pyridine rings is 1. The van der Waals surface area contributed by atoms with Crippen LogP contribution in [0, 0.1) is 13.8 Å². The van der Waals surface area contributed by atoms with E-state index in [1.165, 1.54) is 4.88 Å². The van der Waals surface area contributed by atoms with Crippen LogP contribution in [-0.2, 0) is 6.42 Å². The molecule has 0 atom stereocenters. The Hall–Kier alpha value is -2.47. The van der Waals surface area contributed by atoms with Crippen LogP contribution in [0.5, 0.6) is 5.75 Å². The maximum Gasteiger partial charge on any atom is 0.253 e. The average Bonchev–Trinajstić information content (AvgIpc) is 2.98. The van der Waals surface area contributed by atoms with Gasteiger partial charge in [-0.1, -0.05) is 0 Å². The van der Waals surface area contributed by atoms with Crippen molar-refractivity contribution < 1.29 is 9.53 Å². The Morgan fingerprint density at radius 1 is 1.29 bits per heavy atom. The fourth-order valence-electron chi connectivity index (χ4n) is 2.50. The molecule has 2 heterocycles. The second-order valence-electron chi connectivity index (χ2n) is 5.55. The molecule has 0 radical (unpaired) electrons. The lowest BCUT2D eigenvalue weighted by Crippen LogP contribution is -2.26. The molecule has 3 aromatic rings. The summed E-state index contributed by atoms with van der Waals surface area (Å²) in [6.45, 7) is 4.43. The molecule has 1 aromatic carbocycles. The summed E-state index contributed by atoms with van der Waals surface area (Å²) in [6, 6.07) is 7.52. The smallest absolute Gasteiger partial charge is 0.253 e. The first-order valence-electron chi connectivity index (χ1n) is 7.71. The summed E-state index contributed by atoms with van der Waals surface area (Å²) < 4.78 is 5.21. The number of thiazole rings is 1. The number of amides is 1. The lowest BCUT2D eigenvalue weighted by Gasteiger charge is -2.09. The predicted octanol–water partition coefficient (Wildman–Crippen LogP) is 3.29. The van der Waals surface area contributed by atoms with Crippen molar-refractivity contribution in [2.75, 3.05) is 13.7 Å². The summed E-state index contributed by atoms with van der Waals surface area (Å²) in [7, 11) is 1.62. The fourth-order valence-corrected chi connectivity index (χ4v) is 3.28. The number of fused-ring (bicyclic) bond motifs is 1. The van der Waals surface area contributed by atoms with Crippen LogP contribution in [-0.4, -0.2) is 29.5 Å². The molecule has 0 bridgehead atoms. The number of rotatable bonds is 5. The lowest BCUT2D eigenvalue weighted by molar-refractivity contribution is 0.0953. The number of benzene rings is 1. The minimum Gasteiger partial charge on any atom is -0.497 e. The van der Waals surface area contributed by atoms with Crippen molar-refractivity contribution in [1.82, 2.24) is 15.3 Å². The van der Waals surface area contributed by atoms with Gasteiger partial charge < -0.3 is 10.1 Å². The highest BCUT2D eigenvalue weighted by atomic mass is 32.1. The van der Waals surface area contributed by atoms with Crippen LogP contribution in [0.4, 0.5) is 0 Å². The van der Waals surface area contributed by atoms with Gasteiger partial charge in [-0.25, -0.2) is 4.98 Å². The van der Waals surface area contributed by atoms with E-state index in [-0.39, 0.29) is 5.91 Å². The third kappa shape index (κ3) is 3.54. The number of methoxy groups -OCH3 is 1. The molecule has 124 valence electrons. The second-order valence-corrected chi connectivity index (χ2v) is 6.87. The van der Waals surface area contributed by atoms with Crippen LogP contribution in [0.25, 0.3) is 10.9 Å². The zero-order valence-electron chi connectivity index (χ0n) is 13.9. The molecule has 3 rings (SSSR count). The van der Waals surface area contributed by atoms with Crippen molar-refractivity contribution in [2.24, 2.45) is 0 Å². The summed E-state index contributed by atoms with van der Waals surface area (Å²) in [5, 5.41) is 4.90. The molecule has 1 N–H and O–H groups in total. The minimum absolute atomic E-state index is 0.106. The van der Waals surface area contributed by atoms with Gasteiger partial charge in [0.1, 0.15) is 5.75 Å². The van der Waals surface area contributed by atoms with Gasteiger partial charge in [0.2, 0.25) is 0 Å². The summed E-state index contributed by atoms with van der Waals surface area (Å²) in [5.74, 6) is 0.649. The van der Waals surface area contributed by atoms with Gasteiger partial charge in [-0.05, 0) is 32.0 Å². The van der Waals surface area contributed by atoms with Gasteiger partial charge in [-0.3, -0.25) is 9.78 Å². The van der Waals surface area contributed by atoms with Gasteiger partial charge in [-0.15, -0.1) is 11.3 Å². The Balaban J connectivity index is 1.73. The van der Waals surface area contributed by atoms with Gasteiger partial charge in [-0.2, -0.15) is 0 Å².